The Morgan fingerprint density at radius 1 is 1.12 bits per heavy atom. The van der Waals surface area contributed by atoms with Crippen molar-refractivity contribution in [1.82, 2.24) is 0 Å². The van der Waals surface area contributed by atoms with E-state index in [9.17, 15) is 32.3 Å². The second kappa shape index (κ2) is 14.7. The van der Waals surface area contributed by atoms with Gasteiger partial charge in [-0.15, -0.1) is 13.2 Å². The molecule has 0 spiro atoms. The monoisotopic (exact) mass is 467 g/mol. The minimum atomic E-state index is -4.83. The number of ether oxygens (including phenoxy) is 4. The van der Waals surface area contributed by atoms with Crippen molar-refractivity contribution >= 4 is 23.8 Å². The first-order valence-electron chi connectivity index (χ1n) is 9.18. The molecule has 1 atom stereocenters. The van der Waals surface area contributed by atoms with Crippen LogP contribution >= 0.6 is 0 Å². The normalized spacial score (nSPS) is 11.4. The zero-order valence-corrected chi connectivity index (χ0v) is 17.8. The lowest BCUT2D eigenvalue weighted by atomic mass is 10.2. The van der Waals surface area contributed by atoms with Gasteiger partial charge in [-0.3, -0.25) is 19.2 Å². The van der Waals surface area contributed by atoms with Crippen LogP contribution in [0.15, 0.2) is 24.5 Å². The third-order valence-corrected chi connectivity index (χ3v) is 3.64. The molecule has 0 aliphatic carbocycles. The molecular formula is C19H26F3N2O8+. The maximum atomic E-state index is 11.5. The molecule has 0 aromatic carbocycles. The van der Waals surface area contributed by atoms with Crippen molar-refractivity contribution in [3.05, 3.63) is 30.1 Å². The first-order valence-corrected chi connectivity index (χ1v) is 9.18. The molecule has 0 radical (unpaired) electrons. The highest BCUT2D eigenvalue weighted by Crippen LogP contribution is 2.15. The van der Waals surface area contributed by atoms with Gasteiger partial charge in [-0.25, -0.2) is 4.57 Å². The van der Waals surface area contributed by atoms with Crippen LogP contribution in [0.3, 0.4) is 0 Å². The Bertz CT molecular complexity index is 771. The van der Waals surface area contributed by atoms with Crippen LogP contribution in [0.25, 0.3) is 0 Å². The summed E-state index contributed by atoms with van der Waals surface area (Å²) in [5, 5.41) is 0. The molecule has 1 rings (SSSR count). The maximum absolute atomic E-state index is 11.5. The summed E-state index contributed by atoms with van der Waals surface area (Å²) >= 11 is 0. The van der Waals surface area contributed by atoms with Crippen LogP contribution < -0.4 is 10.3 Å². The zero-order valence-electron chi connectivity index (χ0n) is 17.8. The Labute approximate surface area is 182 Å². The van der Waals surface area contributed by atoms with Crippen molar-refractivity contribution in [2.75, 3.05) is 20.8 Å². The standard InChI is InChI=1S/C16H22N2O6.C3H3F3O2/c1-22-13(11-24-15(20)6-5-14(19)23-2)7-9-18-8-3-4-12(10-18)16(17)21;1-2(7)8-3(4,5)6/h3-4,8,10,13H,5-7,9,11H2,1-2H3,(H-,17,21);1H3/p+1. The third kappa shape index (κ3) is 14.7. The molecule has 13 heteroatoms. The number of nitrogens with zero attached hydrogens (tertiary/aromatic N) is 1. The van der Waals surface area contributed by atoms with E-state index in [0.717, 1.165) is 0 Å². The SMILES string of the molecule is CC(=O)OC(F)(F)F.COC(=O)CCC(=O)OCC(CC[n+]1cccc(C(N)=O)c1)OC. The van der Waals surface area contributed by atoms with E-state index in [1.54, 1.807) is 18.3 Å². The molecule has 1 aromatic rings. The quantitative estimate of drug-likeness (QED) is 0.306. The van der Waals surface area contributed by atoms with Gasteiger partial charge in [0.2, 0.25) is 0 Å². The van der Waals surface area contributed by atoms with E-state index in [-0.39, 0.29) is 25.6 Å². The van der Waals surface area contributed by atoms with E-state index in [2.05, 4.69) is 9.47 Å². The van der Waals surface area contributed by atoms with E-state index in [1.165, 1.54) is 14.2 Å². The third-order valence-electron chi connectivity index (χ3n) is 3.64. The van der Waals surface area contributed by atoms with E-state index in [0.29, 0.717) is 25.5 Å². The van der Waals surface area contributed by atoms with Crippen molar-refractivity contribution in [2.45, 2.75) is 45.2 Å². The Kier molecular flexibility index (Phi) is 13.2. The summed E-state index contributed by atoms with van der Waals surface area (Å²) in [5.74, 6) is -2.78. The average molecular weight is 467 g/mol. The average Bonchev–Trinajstić information content (AvgIpc) is 2.70. The van der Waals surface area contributed by atoms with Gasteiger partial charge in [0, 0.05) is 26.5 Å². The summed E-state index contributed by atoms with van der Waals surface area (Å²) in [6.07, 6.45) is -1.13. The van der Waals surface area contributed by atoms with Crippen molar-refractivity contribution in [3.63, 3.8) is 0 Å². The Balaban J connectivity index is 0.00000102. The molecule has 1 heterocycles. The summed E-state index contributed by atoms with van der Waals surface area (Å²) in [6.45, 7) is 1.35. The van der Waals surface area contributed by atoms with Crippen LogP contribution in [0.2, 0.25) is 0 Å². The highest BCUT2D eigenvalue weighted by molar-refractivity contribution is 5.92. The minimum absolute atomic E-state index is 0.0112. The van der Waals surface area contributed by atoms with Gasteiger partial charge >= 0.3 is 24.3 Å². The number of nitrogens with two attached hydrogens (primary N) is 1. The number of hydrogen-bond donors (Lipinski definition) is 1. The molecule has 2 N–H and O–H groups in total. The fourth-order valence-corrected chi connectivity index (χ4v) is 2.10. The zero-order chi connectivity index (χ0) is 24.7. The summed E-state index contributed by atoms with van der Waals surface area (Å²) in [4.78, 5) is 43.2. The molecule has 180 valence electrons. The molecule has 0 aliphatic heterocycles. The number of aryl methyl sites for hydroxylation is 1. The lowest BCUT2D eigenvalue weighted by Gasteiger charge is -2.14. The molecule has 1 aromatic heterocycles. The summed E-state index contributed by atoms with van der Waals surface area (Å²) in [6, 6.07) is 3.37. The molecule has 1 amide bonds. The number of esters is 3. The number of halogens is 3. The van der Waals surface area contributed by atoms with E-state index >= 15 is 0 Å². The molecule has 0 saturated heterocycles. The highest BCUT2D eigenvalue weighted by atomic mass is 19.4. The number of pyridine rings is 1. The van der Waals surface area contributed by atoms with E-state index < -0.39 is 30.2 Å². The largest absolute Gasteiger partial charge is 0.575 e. The molecule has 0 fully saturated rings. The lowest BCUT2D eigenvalue weighted by molar-refractivity contribution is -0.698. The van der Waals surface area contributed by atoms with Crippen LogP contribution in [0, 0.1) is 0 Å². The predicted molar refractivity (Wildman–Crippen MR) is 101 cm³/mol. The van der Waals surface area contributed by atoms with Gasteiger partial charge in [-0.2, -0.15) is 0 Å². The number of carbonyl (C=O) groups excluding carboxylic acids is 4. The van der Waals surface area contributed by atoms with Gasteiger partial charge in [0.15, 0.2) is 18.9 Å². The molecule has 0 saturated carbocycles. The Hall–Kier alpha value is -3.22. The first kappa shape index (κ1) is 28.8. The van der Waals surface area contributed by atoms with Gasteiger partial charge in [0.1, 0.15) is 12.2 Å². The second-order valence-electron chi connectivity index (χ2n) is 6.14. The van der Waals surface area contributed by atoms with Crippen molar-refractivity contribution < 1.29 is 55.9 Å². The van der Waals surface area contributed by atoms with Gasteiger partial charge in [0.25, 0.3) is 5.91 Å². The van der Waals surface area contributed by atoms with E-state index in [4.69, 9.17) is 15.2 Å². The molecule has 1 unspecified atom stereocenters. The topological polar surface area (TPSA) is 135 Å². The van der Waals surface area contributed by atoms with Crippen LogP contribution in [-0.4, -0.2) is 57.1 Å². The lowest BCUT2D eigenvalue weighted by Crippen LogP contribution is -2.37. The highest BCUT2D eigenvalue weighted by Gasteiger charge is 2.32. The fraction of sp³-hybridized carbons (Fsp3) is 0.526. The number of primary amides is 1. The van der Waals surface area contributed by atoms with Crippen LogP contribution in [0.5, 0.6) is 0 Å². The van der Waals surface area contributed by atoms with Gasteiger partial charge in [0.05, 0.1) is 26.1 Å². The minimum Gasteiger partial charge on any atom is -0.469 e. The summed E-state index contributed by atoms with van der Waals surface area (Å²) in [5.41, 5.74) is 5.66. The van der Waals surface area contributed by atoms with Gasteiger partial charge < -0.3 is 24.7 Å². The summed E-state index contributed by atoms with van der Waals surface area (Å²) < 4.78 is 52.0. The Morgan fingerprint density at radius 3 is 2.22 bits per heavy atom. The Morgan fingerprint density at radius 2 is 1.75 bits per heavy atom. The fourth-order valence-electron chi connectivity index (χ4n) is 2.10. The number of methoxy groups -OCH3 is 2. The molecule has 10 nitrogen and oxygen atoms in total. The molecule has 32 heavy (non-hydrogen) atoms. The number of hydrogen-bond acceptors (Lipinski definition) is 8. The van der Waals surface area contributed by atoms with Crippen LogP contribution in [0.4, 0.5) is 13.2 Å². The number of amides is 1. The number of carbonyl (C=O) groups is 4. The second-order valence-corrected chi connectivity index (χ2v) is 6.14. The molecular weight excluding hydrogens is 441 g/mol. The van der Waals surface area contributed by atoms with Crippen LogP contribution in [0.1, 0.15) is 36.5 Å². The first-order chi connectivity index (χ1) is 14.9. The number of aromatic nitrogens is 1. The van der Waals surface area contributed by atoms with Crippen molar-refractivity contribution in [2.24, 2.45) is 5.73 Å². The molecule has 0 bridgehead atoms. The smallest absolute Gasteiger partial charge is 0.469 e. The number of alkyl halides is 3. The van der Waals surface area contributed by atoms with Crippen LogP contribution in [-0.2, 0) is 39.9 Å². The van der Waals surface area contributed by atoms with Gasteiger partial charge in [-0.05, 0) is 6.07 Å². The number of rotatable bonds is 10. The maximum Gasteiger partial charge on any atom is 0.575 e. The van der Waals surface area contributed by atoms with E-state index in [1.807, 2.05) is 10.8 Å². The van der Waals surface area contributed by atoms with Gasteiger partial charge in [-0.1, -0.05) is 0 Å². The summed E-state index contributed by atoms with van der Waals surface area (Å²) in [7, 11) is 2.79. The van der Waals surface area contributed by atoms with Crippen molar-refractivity contribution in [1.29, 1.82) is 0 Å². The molecule has 0 aliphatic rings. The predicted octanol–water partition coefficient (Wildman–Crippen LogP) is 1.04. The van der Waals surface area contributed by atoms with Crippen molar-refractivity contribution in [3.8, 4) is 0 Å².